The number of rotatable bonds is 7. The molecule has 0 aliphatic carbocycles. The second kappa shape index (κ2) is 10.6. The van der Waals surface area contributed by atoms with E-state index in [9.17, 15) is 18.0 Å². The fourth-order valence-electron chi connectivity index (χ4n) is 4.90. The molecule has 4 rings (SSSR count). The number of piperidine rings is 1. The summed E-state index contributed by atoms with van der Waals surface area (Å²) >= 11 is 3.40. The molecular formula is C26H31BrN2O4S. The van der Waals surface area contributed by atoms with Gasteiger partial charge in [-0.25, -0.2) is 8.42 Å². The van der Waals surface area contributed by atoms with Gasteiger partial charge in [0, 0.05) is 42.6 Å². The van der Waals surface area contributed by atoms with Gasteiger partial charge in [0.25, 0.3) is 0 Å². The summed E-state index contributed by atoms with van der Waals surface area (Å²) in [5, 5.41) is 0. The van der Waals surface area contributed by atoms with Crippen LogP contribution in [0.4, 0.5) is 5.69 Å². The van der Waals surface area contributed by atoms with Gasteiger partial charge in [-0.2, -0.15) is 0 Å². The number of carbonyl (C=O) groups excluding carboxylic acids is 2. The van der Waals surface area contributed by atoms with Crippen molar-refractivity contribution in [1.82, 2.24) is 4.90 Å². The van der Waals surface area contributed by atoms with Crippen molar-refractivity contribution < 1.29 is 18.0 Å². The molecule has 2 aromatic carbocycles. The number of sulfone groups is 1. The molecule has 2 heterocycles. The van der Waals surface area contributed by atoms with E-state index < -0.39 is 9.84 Å². The highest BCUT2D eigenvalue weighted by Gasteiger charge is 2.29. The van der Waals surface area contributed by atoms with Gasteiger partial charge in [-0.1, -0.05) is 37.3 Å². The first-order valence-electron chi connectivity index (χ1n) is 12.0. The highest BCUT2D eigenvalue weighted by Crippen LogP contribution is 2.36. The smallest absolute Gasteiger partial charge is 0.226 e. The SMILES string of the molecule is CCC(=O)N1CCc2cc(Br)c(S(=O)(=O)CCC(=O)N3CCC(Cc4ccccc4)CC3)cc21. The quantitative estimate of drug-likeness (QED) is 0.516. The fraction of sp³-hybridized carbons (Fsp3) is 0.462. The lowest BCUT2D eigenvalue weighted by Crippen LogP contribution is -2.39. The number of fused-ring (bicyclic) bond motifs is 1. The van der Waals surface area contributed by atoms with Gasteiger partial charge in [0.2, 0.25) is 11.8 Å². The molecule has 6 nitrogen and oxygen atoms in total. The van der Waals surface area contributed by atoms with E-state index in [2.05, 4.69) is 28.1 Å². The van der Waals surface area contributed by atoms with Crippen LogP contribution in [0.3, 0.4) is 0 Å². The molecule has 182 valence electrons. The van der Waals surface area contributed by atoms with Crippen LogP contribution in [0.1, 0.15) is 43.7 Å². The van der Waals surface area contributed by atoms with Gasteiger partial charge in [-0.15, -0.1) is 0 Å². The monoisotopic (exact) mass is 546 g/mol. The molecular weight excluding hydrogens is 516 g/mol. The number of amides is 2. The van der Waals surface area contributed by atoms with Crippen LogP contribution in [0.15, 0.2) is 51.8 Å². The first-order valence-corrected chi connectivity index (χ1v) is 14.4. The minimum atomic E-state index is -3.69. The standard InChI is InChI=1S/C26H31BrN2O4S/c1-2-25(30)29-14-10-21-17-22(27)24(18-23(21)29)34(32,33)15-11-26(31)28-12-8-20(9-13-28)16-19-6-4-3-5-7-19/h3-7,17-18,20H,2,8-16H2,1H3. The Balaban J connectivity index is 1.35. The Morgan fingerprint density at radius 2 is 1.74 bits per heavy atom. The molecule has 34 heavy (non-hydrogen) atoms. The van der Waals surface area contributed by atoms with Gasteiger partial charge in [-0.05, 0) is 70.8 Å². The van der Waals surface area contributed by atoms with Gasteiger partial charge in [0.05, 0.1) is 10.6 Å². The average Bonchev–Trinajstić information content (AvgIpc) is 3.25. The Labute approximate surface area is 210 Å². The maximum atomic E-state index is 13.1. The van der Waals surface area contributed by atoms with Crippen molar-refractivity contribution in [1.29, 1.82) is 0 Å². The third kappa shape index (κ3) is 5.54. The molecule has 0 N–H and O–H groups in total. The average molecular weight is 548 g/mol. The highest BCUT2D eigenvalue weighted by atomic mass is 79.9. The van der Waals surface area contributed by atoms with E-state index in [-0.39, 0.29) is 28.9 Å². The second-order valence-electron chi connectivity index (χ2n) is 9.14. The summed E-state index contributed by atoms with van der Waals surface area (Å²) in [5.41, 5.74) is 2.94. The summed E-state index contributed by atoms with van der Waals surface area (Å²) in [4.78, 5) is 28.7. The van der Waals surface area contributed by atoms with Crippen molar-refractivity contribution in [3.63, 3.8) is 0 Å². The number of benzene rings is 2. The van der Waals surface area contributed by atoms with Crippen LogP contribution in [-0.4, -0.2) is 50.5 Å². The van der Waals surface area contributed by atoms with Crippen LogP contribution < -0.4 is 4.90 Å². The summed E-state index contributed by atoms with van der Waals surface area (Å²) in [5.74, 6) is 0.179. The van der Waals surface area contributed by atoms with E-state index in [1.54, 1.807) is 28.9 Å². The lowest BCUT2D eigenvalue weighted by atomic mass is 9.90. The molecule has 0 bridgehead atoms. The van der Waals surface area contributed by atoms with Crippen LogP contribution in [0.2, 0.25) is 0 Å². The van der Waals surface area contributed by atoms with Gasteiger partial charge < -0.3 is 9.80 Å². The Morgan fingerprint density at radius 3 is 2.41 bits per heavy atom. The molecule has 2 aromatic rings. The summed E-state index contributed by atoms with van der Waals surface area (Å²) < 4.78 is 26.8. The summed E-state index contributed by atoms with van der Waals surface area (Å²) in [6.45, 7) is 3.71. The topological polar surface area (TPSA) is 74.8 Å². The third-order valence-electron chi connectivity index (χ3n) is 6.89. The first kappa shape index (κ1) is 24.9. The van der Waals surface area contributed by atoms with Crippen molar-refractivity contribution in [2.24, 2.45) is 5.92 Å². The van der Waals surface area contributed by atoms with Crippen molar-refractivity contribution in [2.45, 2.75) is 50.3 Å². The van der Waals surface area contributed by atoms with Crippen molar-refractivity contribution in [3.8, 4) is 0 Å². The van der Waals surface area contributed by atoms with Crippen molar-refractivity contribution in [2.75, 3.05) is 30.3 Å². The Kier molecular flexibility index (Phi) is 7.77. The van der Waals surface area contributed by atoms with Crippen LogP contribution in [0.25, 0.3) is 0 Å². The molecule has 0 spiro atoms. The molecule has 8 heteroatoms. The lowest BCUT2D eigenvalue weighted by molar-refractivity contribution is -0.132. The zero-order valence-electron chi connectivity index (χ0n) is 19.5. The van der Waals surface area contributed by atoms with Gasteiger partial charge in [0.15, 0.2) is 9.84 Å². The second-order valence-corrected chi connectivity index (χ2v) is 12.1. The molecule has 0 unspecified atom stereocenters. The predicted octanol–water partition coefficient (Wildman–Crippen LogP) is 4.39. The van der Waals surface area contributed by atoms with Crippen molar-refractivity contribution >= 4 is 43.3 Å². The van der Waals surface area contributed by atoms with E-state index in [1.807, 2.05) is 18.2 Å². The number of hydrogen-bond acceptors (Lipinski definition) is 4. The first-order chi connectivity index (χ1) is 16.3. The van der Waals surface area contributed by atoms with Crippen LogP contribution >= 0.6 is 15.9 Å². The maximum Gasteiger partial charge on any atom is 0.226 e. The van der Waals surface area contributed by atoms with Gasteiger partial charge >= 0.3 is 0 Å². The van der Waals surface area contributed by atoms with Crippen LogP contribution in [0, 0.1) is 5.92 Å². The molecule has 2 aliphatic rings. The van der Waals surface area contributed by atoms with Crippen LogP contribution in [0.5, 0.6) is 0 Å². The number of nitrogens with zero attached hydrogens (tertiary/aromatic N) is 2. The number of anilines is 1. The number of halogens is 1. The van der Waals surface area contributed by atoms with E-state index in [0.29, 0.717) is 48.6 Å². The Bertz CT molecular complexity index is 1160. The summed E-state index contributed by atoms with van der Waals surface area (Å²) in [7, 11) is -3.69. The van der Waals surface area contributed by atoms with Crippen molar-refractivity contribution in [3.05, 3.63) is 58.1 Å². The van der Waals surface area contributed by atoms with Crippen LogP contribution in [-0.2, 0) is 32.3 Å². The normalized spacial score (nSPS) is 16.5. The predicted molar refractivity (Wildman–Crippen MR) is 137 cm³/mol. The number of likely N-dealkylation sites (tertiary alicyclic amines) is 1. The van der Waals surface area contributed by atoms with Gasteiger partial charge in [-0.3, -0.25) is 9.59 Å². The fourth-order valence-corrected chi connectivity index (χ4v) is 7.34. The van der Waals surface area contributed by atoms with E-state index in [4.69, 9.17) is 0 Å². The molecule has 2 amide bonds. The minimum Gasteiger partial charge on any atom is -0.343 e. The number of carbonyl (C=O) groups is 2. The van der Waals surface area contributed by atoms with Gasteiger partial charge in [0.1, 0.15) is 0 Å². The molecule has 1 saturated heterocycles. The Morgan fingerprint density at radius 1 is 1.03 bits per heavy atom. The lowest BCUT2D eigenvalue weighted by Gasteiger charge is -2.32. The summed E-state index contributed by atoms with van der Waals surface area (Å²) in [6.07, 6.45) is 3.93. The maximum absolute atomic E-state index is 13.1. The molecule has 0 saturated carbocycles. The minimum absolute atomic E-state index is 0.0183. The Hall–Kier alpha value is -2.19. The summed E-state index contributed by atoms with van der Waals surface area (Å²) in [6, 6.07) is 13.8. The molecule has 1 fully saturated rings. The highest BCUT2D eigenvalue weighted by molar-refractivity contribution is 9.10. The molecule has 2 aliphatic heterocycles. The molecule has 0 radical (unpaired) electrons. The van der Waals surface area contributed by atoms with E-state index in [0.717, 1.165) is 24.8 Å². The largest absolute Gasteiger partial charge is 0.343 e. The number of hydrogen-bond donors (Lipinski definition) is 0. The van der Waals surface area contributed by atoms with E-state index >= 15 is 0 Å². The molecule has 0 aromatic heterocycles. The zero-order valence-corrected chi connectivity index (χ0v) is 21.9. The third-order valence-corrected chi connectivity index (χ3v) is 9.55. The van der Waals surface area contributed by atoms with E-state index in [1.165, 1.54) is 5.56 Å². The molecule has 0 atom stereocenters. The zero-order chi connectivity index (χ0) is 24.3.